The summed E-state index contributed by atoms with van der Waals surface area (Å²) in [5.74, 6) is 0. The first-order valence-electron chi connectivity index (χ1n) is 8.84. The van der Waals surface area contributed by atoms with Gasteiger partial charge in [0.2, 0.25) is 0 Å². The molecule has 0 aliphatic rings. The molecular weight excluding hydrogens is 384 g/mol. The van der Waals surface area contributed by atoms with Crippen LogP contribution >= 0.6 is 0 Å². The van der Waals surface area contributed by atoms with Gasteiger partial charge in [0.05, 0.1) is 106 Å². The third kappa shape index (κ3) is 63.7. The van der Waals surface area contributed by atoms with Crippen molar-refractivity contribution in [2.45, 2.75) is 0 Å². The lowest BCUT2D eigenvalue weighted by Gasteiger charge is -1.94. The maximum Gasteiger partial charge on any atom is 0.0698 e. The predicted octanol–water partition coefficient (Wildman–Crippen LogP) is -4.05. The summed E-state index contributed by atoms with van der Waals surface area (Å²) in [5, 5.41) is 64.7. The van der Waals surface area contributed by atoms with Gasteiger partial charge in [0.15, 0.2) is 0 Å². The molecule has 12 heteroatoms. The molecule has 0 fully saturated rings. The molecule has 0 spiro atoms. The molecule has 0 amide bonds. The van der Waals surface area contributed by atoms with Crippen molar-refractivity contribution in [3.8, 4) is 0 Å². The van der Waals surface area contributed by atoms with Crippen LogP contribution in [0.15, 0.2) is 0 Å². The fourth-order valence-corrected chi connectivity index (χ4v) is 0.925. The van der Waals surface area contributed by atoms with Crippen molar-refractivity contribution in [2.75, 3.05) is 106 Å². The van der Waals surface area contributed by atoms with Crippen LogP contribution in [0, 0.1) is 0 Å². The Kier molecular flexibility index (Phi) is 56.6. The van der Waals surface area contributed by atoms with Crippen LogP contribution in [0.2, 0.25) is 0 Å². The van der Waals surface area contributed by atoms with E-state index < -0.39 is 0 Å². The minimum Gasteiger partial charge on any atom is -0.394 e. The number of rotatable bonds is 16. The molecule has 0 aliphatic carbocycles. The van der Waals surface area contributed by atoms with E-state index in [0.29, 0.717) is 52.9 Å². The number of hydrogen-bond donors (Lipinski definition) is 8. The summed E-state index contributed by atoms with van der Waals surface area (Å²) in [7, 11) is 0. The van der Waals surface area contributed by atoms with Crippen LogP contribution in [0.1, 0.15) is 0 Å². The Labute approximate surface area is 166 Å². The summed E-state index contributed by atoms with van der Waals surface area (Å²) in [6.07, 6.45) is 0. The van der Waals surface area contributed by atoms with Crippen LogP contribution < -0.4 is 0 Å². The lowest BCUT2D eigenvalue weighted by molar-refractivity contribution is 0.0649. The lowest BCUT2D eigenvalue weighted by Crippen LogP contribution is -2.03. The molecule has 0 aromatic heterocycles. The summed E-state index contributed by atoms with van der Waals surface area (Å²) in [6, 6.07) is 0. The van der Waals surface area contributed by atoms with E-state index in [4.69, 9.17) is 40.9 Å². The Morgan fingerprint density at radius 1 is 0.250 bits per heavy atom. The van der Waals surface area contributed by atoms with Crippen LogP contribution in [0.5, 0.6) is 0 Å². The highest BCUT2D eigenvalue weighted by atomic mass is 16.5. The van der Waals surface area contributed by atoms with E-state index in [-0.39, 0.29) is 52.9 Å². The van der Waals surface area contributed by atoms with Gasteiger partial charge < -0.3 is 59.8 Å². The van der Waals surface area contributed by atoms with E-state index in [1.54, 1.807) is 0 Å². The summed E-state index contributed by atoms with van der Waals surface area (Å²) in [5.41, 5.74) is 0. The zero-order valence-corrected chi connectivity index (χ0v) is 16.5. The predicted molar refractivity (Wildman–Crippen MR) is 100.0 cm³/mol. The first kappa shape index (κ1) is 35.0. The average Bonchev–Trinajstić information content (AvgIpc) is 2.71. The largest absolute Gasteiger partial charge is 0.394 e. The van der Waals surface area contributed by atoms with Crippen molar-refractivity contribution in [3.05, 3.63) is 0 Å². The maximum absolute atomic E-state index is 8.09. The van der Waals surface area contributed by atoms with Gasteiger partial charge in [-0.25, -0.2) is 0 Å². The molecule has 0 aromatic rings. The second-order valence-electron chi connectivity index (χ2n) is 4.24. The molecule has 0 bridgehead atoms. The smallest absolute Gasteiger partial charge is 0.0698 e. The summed E-state index contributed by atoms with van der Waals surface area (Å²) < 4.78 is 18.5. The highest BCUT2D eigenvalue weighted by Gasteiger charge is 1.81. The highest BCUT2D eigenvalue weighted by Crippen LogP contribution is 1.70. The minimum atomic E-state index is 0.0278. The van der Waals surface area contributed by atoms with Gasteiger partial charge in [-0.2, -0.15) is 0 Å². The molecule has 0 atom stereocenters. The van der Waals surface area contributed by atoms with Crippen molar-refractivity contribution >= 4 is 0 Å². The number of ether oxygens (including phenoxy) is 4. The average molecular weight is 424 g/mol. The third-order valence-corrected chi connectivity index (χ3v) is 1.88. The van der Waals surface area contributed by atoms with Crippen molar-refractivity contribution in [1.29, 1.82) is 0 Å². The number of hydrogen-bond acceptors (Lipinski definition) is 12. The normalized spacial score (nSPS) is 9.43. The lowest BCUT2D eigenvalue weighted by atomic mass is 10.7. The molecule has 0 saturated heterocycles. The Morgan fingerprint density at radius 2 is 0.357 bits per heavy atom. The van der Waals surface area contributed by atoms with E-state index in [1.807, 2.05) is 0 Å². The first-order valence-corrected chi connectivity index (χ1v) is 8.84. The van der Waals surface area contributed by atoms with Gasteiger partial charge in [0, 0.05) is 0 Å². The molecule has 176 valence electrons. The molecule has 12 nitrogen and oxygen atoms in total. The Balaban J connectivity index is -0.000000137. The standard InChI is InChI=1S/4C4H10O3/c4*5-1-3-7-4-2-6/h4*5-6H,1-4H2. The Hall–Kier alpha value is -0.480. The van der Waals surface area contributed by atoms with Crippen LogP contribution in [0.3, 0.4) is 0 Å². The Bertz CT molecular complexity index is 144. The van der Waals surface area contributed by atoms with E-state index in [0.717, 1.165) is 0 Å². The zero-order chi connectivity index (χ0) is 22.1. The molecular formula is C16H40O12. The third-order valence-electron chi connectivity index (χ3n) is 1.88. The summed E-state index contributed by atoms with van der Waals surface area (Å²) in [4.78, 5) is 0. The SMILES string of the molecule is OCCOCCO.OCCOCCO.OCCOCCO.OCCOCCO. The highest BCUT2D eigenvalue weighted by molar-refractivity contribution is 4.25. The first-order chi connectivity index (χ1) is 13.7. The second-order valence-corrected chi connectivity index (χ2v) is 4.24. The van der Waals surface area contributed by atoms with Crippen LogP contribution in [-0.4, -0.2) is 147 Å². The second kappa shape index (κ2) is 45.3. The summed E-state index contributed by atoms with van der Waals surface area (Å²) >= 11 is 0. The van der Waals surface area contributed by atoms with Gasteiger partial charge in [0.1, 0.15) is 0 Å². The molecule has 0 rings (SSSR count). The van der Waals surface area contributed by atoms with E-state index in [1.165, 1.54) is 0 Å². The summed E-state index contributed by atoms with van der Waals surface area (Å²) in [6.45, 7) is 2.78. The quantitative estimate of drug-likeness (QED) is 0.112. The van der Waals surface area contributed by atoms with Gasteiger partial charge in [0.25, 0.3) is 0 Å². The fourth-order valence-electron chi connectivity index (χ4n) is 0.925. The minimum absolute atomic E-state index is 0.0278. The number of aliphatic hydroxyl groups excluding tert-OH is 8. The zero-order valence-electron chi connectivity index (χ0n) is 16.5. The molecule has 0 aliphatic heterocycles. The molecule has 0 saturated carbocycles. The van der Waals surface area contributed by atoms with Gasteiger partial charge in [-0.05, 0) is 0 Å². The van der Waals surface area contributed by atoms with Crippen molar-refractivity contribution in [1.82, 2.24) is 0 Å². The monoisotopic (exact) mass is 424 g/mol. The molecule has 0 heterocycles. The number of aliphatic hydroxyl groups is 8. The van der Waals surface area contributed by atoms with Crippen LogP contribution in [0.25, 0.3) is 0 Å². The van der Waals surface area contributed by atoms with Crippen molar-refractivity contribution < 1.29 is 59.8 Å². The Morgan fingerprint density at radius 3 is 0.429 bits per heavy atom. The van der Waals surface area contributed by atoms with E-state index in [9.17, 15) is 0 Å². The molecule has 8 N–H and O–H groups in total. The van der Waals surface area contributed by atoms with Gasteiger partial charge in [-0.15, -0.1) is 0 Å². The van der Waals surface area contributed by atoms with Crippen LogP contribution in [-0.2, 0) is 18.9 Å². The van der Waals surface area contributed by atoms with Gasteiger partial charge in [-0.3, -0.25) is 0 Å². The van der Waals surface area contributed by atoms with Crippen LogP contribution in [0.4, 0.5) is 0 Å². The molecule has 0 aromatic carbocycles. The van der Waals surface area contributed by atoms with Gasteiger partial charge >= 0.3 is 0 Å². The van der Waals surface area contributed by atoms with E-state index >= 15 is 0 Å². The molecule has 0 radical (unpaired) electrons. The molecule has 0 unspecified atom stereocenters. The maximum atomic E-state index is 8.09. The van der Waals surface area contributed by atoms with Crippen molar-refractivity contribution in [2.24, 2.45) is 0 Å². The van der Waals surface area contributed by atoms with E-state index in [2.05, 4.69) is 18.9 Å². The fraction of sp³-hybridized carbons (Fsp3) is 1.00. The topological polar surface area (TPSA) is 199 Å². The van der Waals surface area contributed by atoms with Crippen molar-refractivity contribution in [3.63, 3.8) is 0 Å². The molecule has 28 heavy (non-hydrogen) atoms. The van der Waals surface area contributed by atoms with Gasteiger partial charge in [-0.1, -0.05) is 0 Å².